The molecule has 0 saturated carbocycles. The fraction of sp³-hybridized carbons (Fsp3) is 0.333. The van der Waals surface area contributed by atoms with E-state index in [2.05, 4.69) is 21.4 Å². The number of nitrogens with one attached hydrogen (secondary N) is 1. The summed E-state index contributed by atoms with van der Waals surface area (Å²) in [5, 5.41) is 12.4. The van der Waals surface area contributed by atoms with Gasteiger partial charge < -0.3 is 5.32 Å². The predicted octanol–water partition coefficient (Wildman–Crippen LogP) is 3.70. The van der Waals surface area contributed by atoms with Crippen molar-refractivity contribution in [2.45, 2.75) is 44.9 Å². The van der Waals surface area contributed by atoms with Crippen molar-refractivity contribution in [3.8, 4) is 6.07 Å². The summed E-state index contributed by atoms with van der Waals surface area (Å²) in [6.07, 6.45) is 0. The Morgan fingerprint density at radius 1 is 1.25 bits per heavy atom. The minimum Gasteiger partial charge on any atom is -0.325 e. The highest BCUT2D eigenvalue weighted by Crippen LogP contribution is 2.27. The van der Waals surface area contributed by atoms with Crippen LogP contribution in [0.1, 0.15) is 35.1 Å². The van der Waals surface area contributed by atoms with E-state index in [1.807, 2.05) is 32.0 Å². The molecule has 0 aliphatic carbocycles. The van der Waals surface area contributed by atoms with E-state index >= 15 is 0 Å². The number of carbonyl (C=O) groups is 1. The lowest BCUT2D eigenvalue weighted by molar-refractivity contribution is -0.115. The Labute approximate surface area is 146 Å². The molecule has 1 unspecified atom stereocenters. The third-order valence-corrected chi connectivity index (χ3v) is 4.66. The molecule has 24 heavy (non-hydrogen) atoms. The van der Waals surface area contributed by atoms with Gasteiger partial charge in [0.25, 0.3) is 0 Å². The van der Waals surface area contributed by atoms with Crippen molar-refractivity contribution in [2.24, 2.45) is 0 Å². The molecule has 124 valence electrons. The summed E-state index contributed by atoms with van der Waals surface area (Å²) in [6.45, 7) is 9.33. The van der Waals surface area contributed by atoms with Crippen molar-refractivity contribution in [1.29, 1.82) is 5.26 Å². The van der Waals surface area contributed by atoms with Gasteiger partial charge in [0, 0.05) is 5.69 Å². The van der Waals surface area contributed by atoms with E-state index in [1.54, 1.807) is 20.8 Å². The van der Waals surface area contributed by atoms with E-state index in [4.69, 9.17) is 0 Å². The lowest BCUT2D eigenvalue weighted by Crippen LogP contribution is -2.23. The van der Waals surface area contributed by atoms with Gasteiger partial charge in [-0.1, -0.05) is 29.5 Å². The molecule has 2 aromatic rings. The zero-order valence-electron chi connectivity index (χ0n) is 14.5. The monoisotopic (exact) mass is 340 g/mol. The maximum Gasteiger partial charge on any atom is 0.237 e. The Morgan fingerprint density at radius 2 is 1.96 bits per heavy atom. The van der Waals surface area contributed by atoms with Gasteiger partial charge in [0.05, 0.1) is 10.9 Å². The number of hydrogen-bond acceptors (Lipinski definition) is 5. The SMILES string of the molecule is Cc1ccc(NC(=O)C(C)Sc2nc(C)nc(C)c2C#N)c(C)c1. The summed E-state index contributed by atoms with van der Waals surface area (Å²) in [7, 11) is 0. The lowest BCUT2D eigenvalue weighted by atomic mass is 10.1. The number of thioether (sulfide) groups is 1. The molecule has 0 saturated heterocycles. The maximum absolute atomic E-state index is 12.5. The van der Waals surface area contributed by atoms with Crippen molar-refractivity contribution in [3.05, 3.63) is 46.4 Å². The van der Waals surface area contributed by atoms with Crippen LogP contribution in [-0.2, 0) is 4.79 Å². The molecule has 0 aliphatic rings. The van der Waals surface area contributed by atoms with Crippen LogP contribution in [0.25, 0.3) is 0 Å². The second-order valence-corrected chi connectivity index (χ2v) is 7.05. The van der Waals surface area contributed by atoms with E-state index in [-0.39, 0.29) is 11.2 Å². The second-order valence-electron chi connectivity index (χ2n) is 5.72. The maximum atomic E-state index is 12.5. The summed E-state index contributed by atoms with van der Waals surface area (Å²) < 4.78 is 0. The summed E-state index contributed by atoms with van der Waals surface area (Å²) in [6, 6.07) is 8.02. The average molecular weight is 340 g/mol. The van der Waals surface area contributed by atoms with Gasteiger partial charge in [0.15, 0.2) is 0 Å². The van der Waals surface area contributed by atoms with Crippen molar-refractivity contribution < 1.29 is 4.79 Å². The predicted molar refractivity (Wildman–Crippen MR) is 96.1 cm³/mol. The van der Waals surface area contributed by atoms with Gasteiger partial charge in [-0.3, -0.25) is 4.79 Å². The molecular formula is C18H20N4OS. The van der Waals surface area contributed by atoms with Crippen molar-refractivity contribution in [2.75, 3.05) is 5.32 Å². The van der Waals surface area contributed by atoms with E-state index in [0.29, 0.717) is 22.1 Å². The van der Waals surface area contributed by atoms with E-state index in [1.165, 1.54) is 11.8 Å². The van der Waals surface area contributed by atoms with Crippen LogP contribution in [0.15, 0.2) is 23.2 Å². The largest absolute Gasteiger partial charge is 0.325 e. The third-order valence-electron chi connectivity index (χ3n) is 3.58. The molecule has 1 amide bonds. The smallest absolute Gasteiger partial charge is 0.237 e. The van der Waals surface area contributed by atoms with Crippen molar-refractivity contribution in [1.82, 2.24) is 9.97 Å². The summed E-state index contributed by atoms with van der Waals surface area (Å²) in [5.74, 6) is 0.473. The number of nitriles is 1. The molecule has 1 heterocycles. The molecule has 1 N–H and O–H groups in total. The molecule has 6 heteroatoms. The molecule has 2 rings (SSSR count). The van der Waals surface area contributed by atoms with E-state index in [0.717, 1.165) is 16.8 Å². The number of nitrogens with zero attached hydrogens (tertiary/aromatic N) is 3. The van der Waals surface area contributed by atoms with Crippen molar-refractivity contribution in [3.63, 3.8) is 0 Å². The Kier molecular flexibility index (Phi) is 5.58. The van der Waals surface area contributed by atoms with Crippen LogP contribution in [0.3, 0.4) is 0 Å². The van der Waals surface area contributed by atoms with E-state index < -0.39 is 0 Å². The quantitative estimate of drug-likeness (QED) is 0.678. The highest BCUT2D eigenvalue weighted by molar-refractivity contribution is 8.00. The highest BCUT2D eigenvalue weighted by atomic mass is 32.2. The molecule has 0 aliphatic heterocycles. The van der Waals surface area contributed by atoms with Crippen LogP contribution in [0.4, 0.5) is 5.69 Å². The standard InChI is InChI=1S/C18H20N4OS/c1-10-6-7-16(11(2)8-10)22-17(23)13(4)24-18-15(9-19)12(3)20-14(5)21-18/h6-8,13H,1-5H3,(H,22,23). The summed E-state index contributed by atoms with van der Waals surface area (Å²) in [4.78, 5) is 21.0. The summed E-state index contributed by atoms with van der Waals surface area (Å²) >= 11 is 1.27. The molecule has 1 atom stereocenters. The minimum absolute atomic E-state index is 0.121. The average Bonchev–Trinajstić information content (AvgIpc) is 2.49. The zero-order chi connectivity index (χ0) is 17.9. The number of aromatic nitrogens is 2. The first-order valence-electron chi connectivity index (χ1n) is 7.62. The Bertz CT molecular complexity index is 826. The number of carbonyl (C=O) groups excluding carboxylic acids is 1. The van der Waals surface area contributed by atoms with Crippen LogP contribution in [0, 0.1) is 39.0 Å². The van der Waals surface area contributed by atoms with Crippen LogP contribution in [0.5, 0.6) is 0 Å². The highest BCUT2D eigenvalue weighted by Gasteiger charge is 2.19. The molecule has 0 bridgehead atoms. The number of amides is 1. The summed E-state index contributed by atoms with van der Waals surface area (Å²) in [5.41, 5.74) is 4.03. The molecular weight excluding hydrogens is 320 g/mol. The first-order chi connectivity index (χ1) is 11.3. The van der Waals surface area contributed by atoms with Gasteiger partial charge in [-0.25, -0.2) is 9.97 Å². The van der Waals surface area contributed by atoms with Gasteiger partial charge >= 0.3 is 0 Å². The van der Waals surface area contributed by atoms with Crippen LogP contribution < -0.4 is 5.32 Å². The van der Waals surface area contributed by atoms with Gasteiger partial charge in [0.1, 0.15) is 22.5 Å². The number of aryl methyl sites for hydroxylation is 4. The third kappa shape index (κ3) is 4.12. The Morgan fingerprint density at radius 3 is 2.58 bits per heavy atom. The molecule has 1 aromatic carbocycles. The normalized spacial score (nSPS) is 11.7. The van der Waals surface area contributed by atoms with Gasteiger partial charge in [0.2, 0.25) is 5.91 Å². The number of anilines is 1. The lowest BCUT2D eigenvalue weighted by Gasteiger charge is -2.14. The fourth-order valence-corrected chi connectivity index (χ4v) is 3.30. The molecule has 0 spiro atoms. The fourth-order valence-electron chi connectivity index (χ4n) is 2.30. The van der Waals surface area contributed by atoms with Crippen molar-refractivity contribution >= 4 is 23.4 Å². The first kappa shape index (κ1) is 18.0. The number of benzene rings is 1. The minimum atomic E-state index is -0.383. The van der Waals surface area contributed by atoms with E-state index in [9.17, 15) is 10.1 Å². The van der Waals surface area contributed by atoms with Crippen LogP contribution >= 0.6 is 11.8 Å². The van der Waals surface area contributed by atoms with Crippen LogP contribution in [0.2, 0.25) is 0 Å². The Balaban J connectivity index is 2.16. The Hall–Kier alpha value is -2.39. The molecule has 5 nitrogen and oxygen atoms in total. The van der Waals surface area contributed by atoms with Gasteiger partial charge in [-0.05, 0) is 46.2 Å². The molecule has 1 aromatic heterocycles. The number of rotatable bonds is 4. The number of hydrogen-bond donors (Lipinski definition) is 1. The first-order valence-corrected chi connectivity index (χ1v) is 8.50. The van der Waals surface area contributed by atoms with Crippen LogP contribution in [-0.4, -0.2) is 21.1 Å². The molecule has 0 radical (unpaired) electrons. The topological polar surface area (TPSA) is 78.7 Å². The molecule has 0 fully saturated rings. The second kappa shape index (κ2) is 7.45. The zero-order valence-corrected chi connectivity index (χ0v) is 15.3. The van der Waals surface area contributed by atoms with Gasteiger partial charge in [-0.15, -0.1) is 0 Å². The van der Waals surface area contributed by atoms with Gasteiger partial charge in [-0.2, -0.15) is 5.26 Å².